The highest BCUT2D eigenvalue weighted by Crippen LogP contribution is 2.31. The summed E-state index contributed by atoms with van der Waals surface area (Å²) in [6.45, 7) is 9.73. The Balaban J connectivity index is 2.49. The van der Waals surface area contributed by atoms with Crippen molar-refractivity contribution in [1.82, 2.24) is 4.98 Å². The van der Waals surface area contributed by atoms with E-state index in [2.05, 4.69) is 29.4 Å². The maximum absolute atomic E-state index is 12.2. The van der Waals surface area contributed by atoms with Crippen molar-refractivity contribution < 1.29 is 4.79 Å². The van der Waals surface area contributed by atoms with Crippen LogP contribution in [0, 0.1) is 19.3 Å². The Kier molecular flexibility index (Phi) is 4.12. The second kappa shape index (κ2) is 5.68. The van der Waals surface area contributed by atoms with Gasteiger partial charge in [-0.25, -0.2) is 0 Å². The maximum Gasteiger partial charge on any atom is 0.229 e. The highest BCUT2D eigenvalue weighted by atomic mass is 16.2. The summed E-state index contributed by atoms with van der Waals surface area (Å²) in [5, 5.41) is 3.00. The maximum atomic E-state index is 12.2. The lowest BCUT2D eigenvalue weighted by molar-refractivity contribution is -0.123. The van der Waals surface area contributed by atoms with Crippen LogP contribution in [-0.4, -0.2) is 10.9 Å². The lowest BCUT2D eigenvalue weighted by Gasteiger charge is -2.20. The van der Waals surface area contributed by atoms with Gasteiger partial charge in [0.15, 0.2) is 0 Å². The monoisotopic (exact) mass is 282 g/mol. The van der Waals surface area contributed by atoms with Gasteiger partial charge in [-0.2, -0.15) is 0 Å². The van der Waals surface area contributed by atoms with Gasteiger partial charge in [0.1, 0.15) is 0 Å². The fourth-order valence-electron chi connectivity index (χ4n) is 2.07. The van der Waals surface area contributed by atoms with Gasteiger partial charge in [-0.3, -0.25) is 9.78 Å². The summed E-state index contributed by atoms with van der Waals surface area (Å²) in [5.74, 6) is -0.0111. The number of aromatic nitrogens is 1. The summed E-state index contributed by atoms with van der Waals surface area (Å²) in [6, 6.07) is 10.2. The molecule has 0 radical (unpaired) electrons. The van der Waals surface area contributed by atoms with Crippen molar-refractivity contribution in [3.05, 3.63) is 47.8 Å². The third kappa shape index (κ3) is 3.48. The molecule has 1 aromatic heterocycles. The molecule has 3 nitrogen and oxygen atoms in total. The fourth-order valence-corrected chi connectivity index (χ4v) is 2.07. The van der Waals surface area contributed by atoms with Crippen molar-refractivity contribution in [3.8, 4) is 11.1 Å². The summed E-state index contributed by atoms with van der Waals surface area (Å²) < 4.78 is 0. The smallest absolute Gasteiger partial charge is 0.229 e. The molecule has 0 saturated heterocycles. The minimum Gasteiger partial charge on any atom is -0.324 e. The molecule has 0 saturated carbocycles. The first-order valence-corrected chi connectivity index (χ1v) is 7.13. The molecule has 21 heavy (non-hydrogen) atoms. The van der Waals surface area contributed by atoms with Crippen LogP contribution in [0.3, 0.4) is 0 Å². The van der Waals surface area contributed by atoms with Gasteiger partial charge in [0.05, 0.1) is 11.9 Å². The molecule has 1 aromatic carbocycles. The average molecular weight is 282 g/mol. The second-order valence-electron chi connectivity index (χ2n) is 6.39. The summed E-state index contributed by atoms with van der Waals surface area (Å²) in [6.07, 6.45) is 1.74. The van der Waals surface area contributed by atoms with Gasteiger partial charge in [0.25, 0.3) is 0 Å². The van der Waals surface area contributed by atoms with Crippen molar-refractivity contribution in [1.29, 1.82) is 0 Å². The number of carbonyl (C=O) groups is 1. The molecule has 3 heteroatoms. The van der Waals surface area contributed by atoms with E-state index in [1.54, 1.807) is 6.20 Å². The van der Waals surface area contributed by atoms with Gasteiger partial charge in [-0.15, -0.1) is 0 Å². The van der Waals surface area contributed by atoms with Gasteiger partial charge in [-0.1, -0.05) is 45.0 Å². The fraction of sp³-hybridized carbons (Fsp3) is 0.333. The van der Waals surface area contributed by atoms with Crippen LogP contribution in [-0.2, 0) is 4.79 Å². The molecule has 2 aromatic rings. The number of aryl methyl sites for hydroxylation is 2. The van der Waals surface area contributed by atoms with Crippen LogP contribution in [0.15, 0.2) is 36.5 Å². The van der Waals surface area contributed by atoms with Crippen molar-refractivity contribution >= 4 is 11.6 Å². The molecular formula is C18H22N2O. The Morgan fingerprint density at radius 1 is 1.10 bits per heavy atom. The number of rotatable bonds is 2. The third-order valence-electron chi connectivity index (χ3n) is 3.41. The van der Waals surface area contributed by atoms with E-state index in [0.29, 0.717) is 0 Å². The summed E-state index contributed by atoms with van der Waals surface area (Å²) in [7, 11) is 0. The van der Waals surface area contributed by atoms with E-state index in [-0.39, 0.29) is 5.91 Å². The zero-order valence-electron chi connectivity index (χ0n) is 13.3. The number of nitrogens with one attached hydrogen (secondary N) is 1. The molecule has 0 aliphatic rings. The Morgan fingerprint density at radius 3 is 2.38 bits per heavy atom. The molecule has 0 unspecified atom stereocenters. The number of carbonyl (C=O) groups excluding carboxylic acids is 1. The molecule has 0 fully saturated rings. The van der Waals surface area contributed by atoms with Gasteiger partial charge in [-0.05, 0) is 31.0 Å². The summed E-state index contributed by atoms with van der Waals surface area (Å²) >= 11 is 0. The standard InChI is InChI=1S/C18H22N2O/c1-12-8-6-7-9-14(12)15-10-13(2)19-11-16(15)20-17(21)18(3,4)5/h6-11H,1-5H3,(H,20,21). The lowest BCUT2D eigenvalue weighted by atomic mass is 9.94. The Bertz CT molecular complexity index is 669. The van der Waals surface area contributed by atoms with Gasteiger partial charge < -0.3 is 5.32 Å². The van der Waals surface area contributed by atoms with Crippen LogP contribution in [0.4, 0.5) is 5.69 Å². The molecule has 1 heterocycles. The Morgan fingerprint density at radius 2 is 1.76 bits per heavy atom. The summed E-state index contributed by atoms with van der Waals surface area (Å²) in [5.41, 5.74) is 4.56. The number of amides is 1. The molecule has 1 N–H and O–H groups in total. The van der Waals surface area contributed by atoms with E-state index in [9.17, 15) is 4.79 Å². The number of benzene rings is 1. The highest BCUT2D eigenvalue weighted by Gasteiger charge is 2.22. The number of pyridine rings is 1. The zero-order chi connectivity index (χ0) is 15.6. The average Bonchev–Trinajstić information content (AvgIpc) is 2.40. The van der Waals surface area contributed by atoms with E-state index in [1.165, 1.54) is 5.56 Å². The molecule has 1 amide bonds. The number of hydrogen-bond acceptors (Lipinski definition) is 2. The lowest BCUT2D eigenvalue weighted by Crippen LogP contribution is -2.28. The van der Waals surface area contributed by atoms with Crippen LogP contribution < -0.4 is 5.32 Å². The minimum atomic E-state index is -0.437. The first kappa shape index (κ1) is 15.2. The molecule has 0 aliphatic heterocycles. The van der Waals surface area contributed by atoms with E-state index in [0.717, 1.165) is 22.5 Å². The summed E-state index contributed by atoms with van der Waals surface area (Å²) in [4.78, 5) is 16.6. The highest BCUT2D eigenvalue weighted by molar-refractivity contribution is 5.98. The van der Waals surface area contributed by atoms with Crippen LogP contribution in [0.2, 0.25) is 0 Å². The van der Waals surface area contributed by atoms with Crippen LogP contribution in [0.5, 0.6) is 0 Å². The minimum absolute atomic E-state index is 0.0111. The van der Waals surface area contributed by atoms with E-state index >= 15 is 0 Å². The third-order valence-corrected chi connectivity index (χ3v) is 3.41. The van der Waals surface area contributed by atoms with Gasteiger partial charge in [0.2, 0.25) is 5.91 Å². The molecule has 0 aliphatic carbocycles. The van der Waals surface area contributed by atoms with Gasteiger partial charge in [0, 0.05) is 16.7 Å². The number of nitrogens with zero attached hydrogens (tertiary/aromatic N) is 1. The predicted octanol–water partition coefficient (Wildman–Crippen LogP) is 4.35. The molecule has 0 atom stereocenters. The number of anilines is 1. The van der Waals surface area contributed by atoms with Crippen molar-refractivity contribution in [2.75, 3.05) is 5.32 Å². The molecule has 0 bridgehead atoms. The first-order valence-electron chi connectivity index (χ1n) is 7.13. The van der Waals surface area contributed by atoms with Crippen molar-refractivity contribution in [3.63, 3.8) is 0 Å². The number of hydrogen-bond donors (Lipinski definition) is 1. The predicted molar refractivity (Wildman–Crippen MR) is 87.2 cm³/mol. The van der Waals surface area contributed by atoms with Crippen molar-refractivity contribution in [2.24, 2.45) is 5.41 Å². The van der Waals surface area contributed by atoms with E-state index < -0.39 is 5.41 Å². The van der Waals surface area contributed by atoms with Gasteiger partial charge >= 0.3 is 0 Å². The van der Waals surface area contributed by atoms with E-state index in [1.807, 2.05) is 45.9 Å². The van der Waals surface area contributed by atoms with Crippen LogP contribution in [0.1, 0.15) is 32.0 Å². The second-order valence-corrected chi connectivity index (χ2v) is 6.39. The van der Waals surface area contributed by atoms with Crippen LogP contribution in [0.25, 0.3) is 11.1 Å². The first-order chi connectivity index (χ1) is 9.79. The normalized spacial score (nSPS) is 11.3. The van der Waals surface area contributed by atoms with Crippen molar-refractivity contribution in [2.45, 2.75) is 34.6 Å². The molecule has 0 spiro atoms. The topological polar surface area (TPSA) is 42.0 Å². The largest absolute Gasteiger partial charge is 0.324 e. The van der Waals surface area contributed by atoms with Crippen LogP contribution >= 0.6 is 0 Å². The van der Waals surface area contributed by atoms with E-state index in [4.69, 9.17) is 0 Å². The molecule has 110 valence electrons. The quantitative estimate of drug-likeness (QED) is 0.889. The Labute approximate surface area is 126 Å². The Hall–Kier alpha value is -2.16. The SMILES string of the molecule is Cc1cc(-c2ccccc2C)c(NC(=O)C(C)(C)C)cn1. The molecule has 2 rings (SSSR count). The molecular weight excluding hydrogens is 260 g/mol. The zero-order valence-corrected chi connectivity index (χ0v) is 13.3.